The summed E-state index contributed by atoms with van der Waals surface area (Å²) in [5.41, 5.74) is 2.41. The van der Waals surface area contributed by atoms with Crippen LogP contribution in [-0.4, -0.2) is 55.8 Å². The van der Waals surface area contributed by atoms with Gasteiger partial charge >= 0.3 is 0 Å². The second kappa shape index (κ2) is 8.18. The van der Waals surface area contributed by atoms with Crippen molar-refractivity contribution in [3.8, 4) is 0 Å². The van der Waals surface area contributed by atoms with Gasteiger partial charge in [0.25, 0.3) is 5.91 Å². The molecule has 0 unspecified atom stereocenters. The average molecular weight is 451 g/mol. The highest BCUT2D eigenvalue weighted by Crippen LogP contribution is 2.27. The fourth-order valence-electron chi connectivity index (χ4n) is 4.02. The molecule has 0 radical (unpaired) electrons. The number of fused-ring (bicyclic) bond motifs is 1. The molecule has 166 valence electrons. The zero-order chi connectivity index (χ0) is 22.3. The third-order valence-corrected chi connectivity index (χ3v) is 7.99. The number of carbonyl (C=O) groups is 1. The van der Waals surface area contributed by atoms with Gasteiger partial charge in [-0.3, -0.25) is 4.79 Å². The third kappa shape index (κ3) is 4.08. The van der Waals surface area contributed by atoms with Gasteiger partial charge in [0.1, 0.15) is 5.82 Å². The van der Waals surface area contributed by atoms with E-state index in [1.807, 2.05) is 49.4 Å². The molecule has 1 aliphatic carbocycles. The number of hydrogen-bond acceptors (Lipinski definition) is 5. The number of anilines is 1. The first kappa shape index (κ1) is 20.9. The molecule has 2 fully saturated rings. The lowest BCUT2D eigenvalue weighted by Gasteiger charge is -2.35. The Balaban J connectivity index is 1.38. The van der Waals surface area contributed by atoms with Gasteiger partial charge in [0.15, 0.2) is 0 Å². The normalized spacial score (nSPS) is 17.5. The number of para-hydroxylation sites is 1. The fraction of sp³-hybridized carbons (Fsp3) is 0.333. The maximum absolute atomic E-state index is 13.0. The van der Waals surface area contributed by atoms with Crippen LogP contribution in [-0.2, 0) is 10.0 Å². The summed E-state index contributed by atoms with van der Waals surface area (Å²) >= 11 is 0. The first-order chi connectivity index (χ1) is 15.4. The minimum absolute atomic E-state index is 0.0760. The molecular weight excluding hydrogens is 424 g/mol. The van der Waals surface area contributed by atoms with Gasteiger partial charge in [-0.15, -0.1) is 0 Å². The topological polar surface area (TPSA) is 82.6 Å². The number of aryl methyl sites for hydroxylation is 1. The van der Waals surface area contributed by atoms with Crippen molar-refractivity contribution in [1.29, 1.82) is 0 Å². The van der Waals surface area contributed by atoms with Crippen LogP contribution < -0.4 is 10.2 Å². The van der Waals surface area contributed by atoms with Gasteiger partial charge in [-0.2, -0.15) is 4.31 Å². The molecule has 2 aliphatic rings. The number of sulfonamides is 1. The Labute approximate surface area is 188 Å². The molecule has 1 aliphatic heterocycles. The van der Waals surface area contributed by atoms with Crippen molar-refractivity contribution in [3.63, 3.8) is 0 Å². The van der Waals surface area contributed by atoms with Gasteiger partial charge in [0.05, 0.1) is 16.0 Å². The lowest BCUT2D eigenvalue weighted by molar-refractivity contribution is 0.0952. The molecule has 1 saturated carbocycles. The monoisotopic (exact) mass is 450 g/mol. The standard InChI is InChI=1S/C24H26N4O3S/c1-17-6-10-19(11-7-17)32(30,31)28-14-12-27(13-15-28)23-16-21(24(29)25-18-8-9-18)20-4-2-3-5-22(20)26-23/h2-7,10-11,16,18H,8-9,12-15H2,1H3,(H,25,29). The number of pyridine rings is 1. The molecule has 1 saturated heterocycles. The van der Waals surface area contributed by atoms with E-state index in [0.29, 0.717) is 42.5 Å². The number of piperazine rings is 1. The van der Waals surface area contributed by atoms with Crippen molar-refractivity contribution >= 4 is 32.7 Å². The Morgan fingerprint density at radius 3 is 2.38 bits per heavy atom. The Hall–Kier alpha value is -2.97. The minimum Gasteiger partial charge on any atom is -0.354 e. The number of nitrogens with one attached hydrogen (secondary N) is 1. The van der Waals surface area contributed by atoms with E-state index in [-0.39, 0.29) is 11.9 Å². The van der Waals surface area contributed by atoms with E-state index in [1.165, 1.54) is 4.31 Å². The van der Waals surface area contributed by atoms with Crippen molar-refractivity contribution in [2.24, 2.45) is 0 Å². The highest BCUT2D eigenvalue weighted by molar-refractivity contribution is 7.89. The maximum Gasteiger partial charge on any atom is 0.252 e. The molecule has 2 heterocycles. The number of nitrogens with zero attached hydrogens (tertiary/aromatic N) is 3. The Morgan fingerprint density at radius 2 is 1.69 bits per heavy atom. The fourth-order valence-corrected chi connectivity index (χ4v) is 5.44. The summed E-state index contributed by atoms with van der Waals surface area (Å²) in [4.78, 5) is 20.0. The summed E-state index contributed by atoms with van der Waals surface area (Å²) < 4.78 is 27.5. The second-order valence-corrected chi connectivity index (χ2v) is 10.4. The number of aromatic nitrogens is 1. The summed E-state index contributed by atoms with van der Waals surface area (Å²) in [6, 6.07) is 16.7. The van der Waals surface area contributed by atoms with Crippen LogP contribution in [0.3, 0.4) is 0 Å². The third-order valence-electron chi connectivity index (χ3n) is 6.08. The van der Waals surface area contributed by atoms with Gasteiger partial charge in [-0.25, -0.2) is 13.4 Å². The second-order valence-electron chi connectivity index (χ2n) is 8.50. The molecule has 1 amide bonds. The first-order valence-corrected chi connectivity index (χ1v) is 12.4. The average Bonchev–Trinajstić information content (AvgIpc) is 3.62. The van der Waals surface area contributed by atoms with Crippen LogP contribution in [0, 0.1) is 6.92 Å². The van der Waals surface area contributed by atoms with Crippen molar-refractivity contribution in [3.05, 3.63) is 65.7 Å². The highest BCUT2D eigenvalue weighted by Gasteiger charge is 2.30. The quantitative estimate of drug-likeness (QED) is 0.646. The van der Waals surface area contributed by atoms with E-state index in [9.17, 15) is 13.2 Å². The number of carbonyl (C=O) groups excluding carboxylic acids is 1. The first-order valence-electron chi connectivity index (χ1n) is 10.9. The van der Waals surface area contributed by atoms with Gasteiger partial charge in [0, 0.05) is 37.6 Å². The summed E-state index contributed by atoms with van der Waals surface area (Å²) in [5, 5.41) is 3.90. The molecule has 2 aromatic carbocycles. The Morgan fingerprint density at radius 1 is 1.00 bits per heavy atom. The van der Waals surface area contributed by atoms with Crippen LogP contribution in [0.1, 0.15) is 28.8 Å². The van der Waals surface area contributed by atoms with Crippen LogP contribution in [0.25, 0.3) is 10.9 Å². The van der Waals surface area contributed by atoms with Crippen molar-refractivity contribution in [2.75, 3.05) is 31.1 Å². The number of hydrogen-bond donors (Lipinski definition) is 1. The molecule has 7 nitrogen and oxygen atoms in total. The van der Waals surface area contributed by atoms with Crippen LogP contribution in [0.5, 0.6) is 0 Å². The molecule has 32 heavy (non-hydrogen) atoms. The zero-order valence-electron chi connectivity index (χ0n) is 18.0. The van der Waals surface area contributed by atoms with E-state index in [0.717, 1.165) is 29.3 Å². The molecule has 5 rings (SSSR count). The highest BCUT2D eigenvalue weighted by atomic mass is 32.2. The van der Waals surface area contributed by atoms with Gasteiger partial charge in [0.2, 0.25) is 10.0 Å². The van der Waals surface area contributed by atoms with E-state index >= 15 is 0 Å². The van der Waals surface area contributed by atoms with Crippen molar-refractivity contribution in [1.82, 2.24) is 14.6 Å². The molecule has 1 aromatic heterocycles. The molecule has 0 bridgehead atoms. The van der Waals surface area contributed by atoms with Crippen LogP contribution in [0.4, 0.5) is 5.82 Å². The number of benzene rings is 2. The number of rotatable bonds is 5. The van der Waals surface area contributed by atoms with Crippen LogP contribution in [0.15, 0.2) is 59.5 Å². The molecule has 3 aromatic rings. The van der Waals surface area contributed by atoms with E-state index in [1.54, 1.807) is 12.1 Å². The summed E-state index contributed by atoms with van der Waals surface area (Å²) in [6.45, 7) is 3.70. The largest absolute Gasteiger partial charge is 0.354 e. The lowest BCUT2D eigenvalue weighted by atomic mass is 10.1. The zero-order valence-corrected chi connectivity index (χ0v) is 18.8. The Kier molecular flexibility index (Phi) is 5.35. The van der Waals surface area contributed by atoms with Gasteiger partial charge in [-0.1, -0.05) is 35.9 Å². The predicted molar refractivity (Wildman–Crippen MR) is 124 cm³/mol. The molecule has 1 N–H and O–H groups in total. The van der Waals surface area contributed by atoms with E-state index < -0.39 is 10.0 Å². The molecule has 0 atom stereocenters. The van der Waals surface area contributed by atoms with Gasteiger partial charge < -0.3 is 10.2 Å². The van der Waals surface area contributed by atoms with E-state index in [2.05, 4.69) is 10.2 Å². The minimum atomic E-state index is -3.53. The van der Waals surface area contributed by atoms with Crippen LogP contribution in [0.2, 0.25) is 0 Å². The molecular formula is C24H26N4O3S. The van der Waals surface area contributed by atoms with Crippen LogP contribution >= 0.6 is 0 Å². The molecule has 0 spiro atoms. The lowest BCUT2D eigenvalue weighted by Crippen LogP contribution is -2.49. The smallest absolute Gasteiger partial charge is 0.252 e. The summed E-state index contributed by atoms with van der Waals surface area (Å²) in [5.74, 6) is 0.630. The molecule has 8 heteroatoms. The van der Waals surface area contributed by atoms with E-state index in [4.69, 9.17) is 4.98 Å². The van der Waals surface area contributed by atoms with Crippen molar-refractivity contribution < 1.29 is 13.2 Å². The number of amides is 1. The predicted octanol–water partition coefficient (Wildman–Crippen LogP) is 2.95. The van der Waals surface area contributed by atoms with Crippen molar-refractivity contribution in [2.45, 2.75) is 30.7 Å². The SMILES string of the molecule is Cc1ccc(S(=O)(=O)N2CCN(c3cc(C(=O)NC4CC4)c4ccccc4n3)CC2)cc1. The maximum atomic E-state index is 13.0. The Bertz CT molecular complexity index is 1260. The summed E-state index contributed by atoms with van der Waals surface area (Å²) in [7, 11) is -3.53. The van der Waals surface area contributed by atoms with Gasteiger partial charge in [-0.05, 0) is 44.0 Å². The summed E-state index contributed by atoms with van der Waals surface area (Å²) in [6.07, 6.45) is 2.05.